The number of benzene rings is 1. The summed E-state index contributed by atoms with van der Waals surface area (Å²) in [5, 5.41) is 7.18. The minimum Gasteiger partial charge on any atom is -0.478 e. The van der Waals surface area contributed by atoms with Crippen molar-refractivity contribution in [3.05, 3.63) is 52.0 Å². The van der Waals surface area contributed by atoms with Gasteiger partial charge in [0, 0.05) is 10.9 Å². The molecule has 0 fully saturated rings. The van der Waals surface area contributed by atoms with Crippen molar-refractivity contribution in [2.24, 2.45) is 0 Å². The summed E-state index contributed by atoms with van der Waals surface area (Å²) >= 11 is 1.57. The summed E-state index contributed by atoms with van der Waals surface area (Å²) in [6.07, 6.45) is 2.28. The number of aryl methyl sites for hydroxylation is 1. The van der Waals surface area contributed by atoms with Gasteiger partial charge in [-0.25, -0.2) is 9.67 Å². The number of nitrogens with zero attached hydrogens (tertiary/aromatic N) is 3. The third kappa shape index (κ3) is 3.32. The zero-order valence-electron chi connectivity index (χ0n) is 13.0. The Labute approximate surface area is 138 Å². The van der Waals surface area contributed by atoms with Crippen LogP contribution in [0.3, 0.4) is 0 Å². The largest absolute Gasteiger partial charge is 0.478 e. The molecule has 0 unspecified atom stereocenters. The Bertz CT molecular complexity index is 823. The fourth-order valence-corrected chi connectivity index (χ4v) is 3.11. The number of carbonyl (C=O) groups excluding carboxylic acids is 1. The number of ether oxygens (including phenoxy) is 1. The number of rotatable bonds is 6. The van der Waals surface area contributed by atoms with E-state index in [0.717, 1.165) is 22.6 Å². The number of thiazole rings is 1. The van der Waals surface area contributed by atoms with Crippen molar-refractivity contribution in [2.45, 2.75) is 20.4 Å². The molecule has 0 radical (unpaired) electrons. The highest BCUT2D eigenvalue weighted by Crippen LogP contribution is 2.25. The van der Waals surface area contributed by atoms with Crippen LogP contribution in [0.25, 0.3) is 11.3 Å². The van der Waals surface area contributed by atoms with E-state index < -0.39 is 0 Å². The van der Waals surface area contributed by atoms with E-state index in [1.54, 1.807) is 16.0 Å². The molecule has 0 saturated heterocycles. The Kier molecular flexibility index (Phi) is 4.52. The predicted octanol–water partition coefficient (Wildman–Crippen LogP) is 3.57. The molecule has 1 aromatic carbocycles. The molecule has 6 heteroatoms. The van der Waals surface area contributed by atoms with Gasteiger partial charge in [0.15, 0.2) is 6.29 Å². The molecular weight excluding hydrogens is 310 g/mol. The van der Waals surface area contributed by atoms with E-state index in [1.807, 2.05) is 18.4 Å². The van der Waals surface area contributed by atoms with Crippen molar-refractivity contribution in [1.82, 2.24) is 14.8 Å². The number of aromatic nitrogens is 3. The highest BCUT2D eigenvalue weighted by atomic mass is 32.1. The monoisotopic (exact) mass is 327 g/mol. The van der Waals surface area contributed by atoms with Crippen LogP contribution in [0.15, 0.2) is 35.8 Å². The van der Waals surface area contributed by atoms with Gasteiger partial charge in [-0.05, 0) is 19.9 Å². The fourth-order valence-electron chi connectivity index (χ4n) is 2.33. The first-order valence-corrected chi connectivity index (χ1v) is 8.24. The molecule has 0 atom stereocenters. The van der Waals surface area contributed by atoms with Gasteiger partial charge in [0.1, 0.15) is 5.01 Å². The lowest BCUT2D eigenvalue weighted by molar-refractivity contribution is 0.111. The van der Waals surface area contributed by atoms with Gasteiger partial charge in [0.05, 0.1) is 30.6 Å². The smallest absolute Gasteiger partial charge is 0.223 e. The average Bonchev–Trinajstić information content (AvgIpc) is 3.16. The quantitative estimate of drug-likeness (QED) is 0.649. The Morgan fingerprint density at radius 3 is 3.00 bits per heavy atom. The molecule has 3 aromatic rings. The third-order valence-corrected chi connectivity index (χ3v) is 4.21. The Balaban J connectivity index is 1.85. The minimum atomic E-state index is 0.460. The molecule has 0 amide bonds. The van der Waals surface area contributed by atoms with Crippen molar-refractivity contribution in [1.29, 1.82) is 0 Å². The summed E-state index contributed by atoms with van der Waals surface area (Å²) in [7, 11) is 0. The Hall–Kier alpha value is -2.47. The molecule has 0 N–H and O–H groups in total. The second kappa shape index (κ2) is 6.75. The normalized spacial score (nSPS) is 10.7. The minimum absolute atomic E-state index is 0.460. The molecule has 0 bridgehead atoms. The summed E-state index contributed by atoms with van der Waals surface area (Å²) in [6, 6.07) is 8.26. The lowest BCUT2D eigenvalue weighted by Crippen LogP contribution is -2.06. The van der Waals surface area contributed by atoms with Crippen LogP contribution in [-0.2, 0) is 6.54 Å². The van der Waals surface area contributed by atoms with Crippen molar-refractivity contribution in [3.8, 4) is 17.1 Å². The van der Waals surface area contributed by atoms with E-state index in [0.29, 0.717) is 24.6 Å². The van der Waals surface area contributed by atoms with Gasteiger partial charge in [0.2, 0.25) is 5.88 Å². The number of carbonyl (C=O) groups is 1. The Morgan fingerprint density at radius 2 is 2.26 bits per heavy atom. The fraction of sp³-hybridized carbons (Fsp3) is 0.235. The number of hydrogen-bond acceptors (Lipinski definition) is 5. The van der Waals surface area contributed by atoms with E-state index in [4.69, 9.17) is 4.74 Å². The highest BCUT2D eigenvalue weighted by Gasteiger charge is 2.13. The number of aldehydes is 1. The van der Waals surface area contributed by atoms with E-state index >= 15 is 0 Å². The van der Waals surface area contributed by atoms with Gasteiger partial charge in [-0.3, -0.25) is 4.79 Å². The second-order valence-electron chi connectivity index (χ2n) is 5.11. The maximum absolute atomic E-state index is 11.0. The molecule has 3 rings (SSSR count). The van der Waals surface area contributed by atoms with E-state index in [-0.39, 0.29) is 0 Å². The molecular formula is C17H17N3O2S. The van der Waals surface area contributed by atoms with E-state index in [2.05, 4.69) is 35.2 Å². The van der Waals surface area contributed by atoms with Crippen LogP contribution >= 0.6 is 11.3 Å². The van der Waals surface area contributed by atoms with Crippen LogP contribution in [0.5, 0.6) is 5.88 Å². The maximum atomic E-state index is 11.0. The van der Waals surface area contributed by atoms with Gasteiger partial charge < -0.3 is 4.74 Å². The zero-order valence-corrected chi connectivity index (χ0v) is 13.8. The number of hydrogen-bond donors (Lipinski definition) is 0. The summed E-state index contributed by atoms with van der Waals surface area (Å²) in [4.78, 5) is 15.7. The third-order valence-electron chi connectivity index (χ3n) is 3.38. The van der Waals surface area contributed by atoms with Crippen molar-refractivity contribution in [3.63, 3.8) is 0 Å². The molecule has 2 aromatic heterocycles. The van der Waals surface area contributed by atoms with Crippen molar-refractivity contribution in [2.75, 3.05) is 6.61 Å². The molecule has 118 valence electrons. The topological polar surface area (TPSA) is 57.0 Å². The lowest BCUT2D eigenvalue weighted by Gasteiger charge is -2.06. The summed E-state index contributed by atoms with van der Waals surface area (Å²) in [6.45, 7) is 4.92. The SMILES string of the molecule is CCOc1c(C=O)cnn1Cc1nc(-c2cccc(C)c2)cs1. The van der Waals surface area contributed by atoms with Crippen molar-refractivity contribution < 1.29 is 9.53 Å². The average molecular weight is 327 g/mol. The first-order valence-electron chi connectivity index (χ1n) is 7.36. The summed E-state index contributed by atoms with van der Waals surface area (Å²) in [5.41, 5.74) is 3.72. The predicted molar refractivity (Wildman–Crippen MR) is 90.2 cm³/mol. The van der Waals surface area contributed by atoms with Gasteiger partial charge >= 0.3 is 0 Å². The van der Waals surface area contributed by atoms with Gasteiger partial charge in [0.25, 0.3) is 0 Å². The molecule has 0 aliphatic carbocycles. The Morgan fingerprint density at radius 1 is 1.39 bits per heavy atom. The first kappa shape index (κ1) is 15.4. The van der Waals surface area contributed by atoms with Gasteiger partial charge in [-0.2, -0.15) is 5.10 Å². The zero-order chi connectivity index (χ0) is 16.2. The molecule has 0 aliphatic rings. The van der Waals surface area contributed by atoms with Crippen LogP contribution in [0.4, 0.5) is 0 Å². The second-order valence-corrected chi connectivity index (χ2v) is 6.05. The molecule has 5 nitrogen and oxygen atoms in total. The van der Waals surface area contributed by atoms with E-state index in [9.17, 15) is 4.79 Å². The first-order chi connectivity index (χ1) is 11.2. The van der Waals surface area contributed by atoms with Crippen LogP contribution in [0, 0.1) is 6.92 Å². The molecule has 0 saturated carbocycles. The van der Waals surface area contributed by atoms with Gasteiger partial charge in [-0.1, -0.05) is 23.8 Å². The molecule has 0 spiro atoms. The molecule has 0 aliphatic heterocycles. The van der Waals surface area contributed by atoms with Crippen LogP contribution in [0.2, 0.25) is 0 Å². The maximum Gasteiger partial charge on any atom is 0.223 e. The van der Waals surface area contributed by atoms with Crippen LogP contribution in [0.1, 0.15) is 27.9 Å². The van der Waals surface area contributed by atoms with E-state index in [1.165, 1.54) is 11.8 Å². The standard InChI is InChI=1S/C17H17N3O2S/c1-3-22-17-14(10-21)8-18-20(17)9-16-19-15(11-23-16)13-6-4-5-12(2)7-13/h4-8,10-11H,3,9H2,1-2H3. The van der Waals surface area contributed by atoms with Gasteiger partial charge in [-0.15, -0.1) is 11.3 Å². The van der Waals surface area contributed by atoms with Crippen LogP contribution < -0.4 is 4.74 Å². The summed E-state index contributed by atoms with van der Waals surface area (Å²) < 4.78 is 7.20. The van der Waals surface area contributed by atoms with Crippen molar-refractivity contribution >= 4 is 17.6 Å². The molecule has 23 heavy (non-hydrogen) atoms. The van der Waals surface area contributed by atoms with Crippen LogP contribution in [-0.4, -0.2) is 27.7 Å². The molecule has 2 heterocycles. The highest BCUT2D eigenvalue weighted by molar-refractivity contribution is 7.09. The summed E-state index contributed by atoms with van der Waals surface area (Å²) in [5.74, 6) is 0.495. The lowest BCUT2D eigenvalue weighted by atomic mass is 10.1.